The molecule has 4 nitrogen and oxygen atoms in total. The molecular weight excluding hydrogens is 266 g/mol. The van der Waals surface area contributed by atoms with Gasteiger partial charge >= 0.3 is 5.97 Å². The summed E-state index contributed by atoms with van der Waals surface area (Å²) in [5.74, 6) is -1.34. The van der Waals surface area contributed by atoms with Gasteiger partial charge in [-0.2, -0.15) is 0 Å². The number of carbonyl (C=O) groups is 2. The van der Waals surface area contributed by atoms with Crippen LogP contribution in [0.5, 0.6) is 0 Å². The molecule has 1 N–H and O–H groups in total. The van der Waals surface area contributed by atoms with E-state index in [1.54, 1.807) is 4.90 Å². The van der Waals surface area contributed by atoms with Gasteiger partial charge < -0.3 is 10.0 Å². The van der Waals surface area contributed by atoms with Crippen LogP contribution in [-0.2, 0) is 16.0 Å². The topological polar surface area (TPSA) is 57.6 Å². The van der Waals surface area contributed by atoms with Crippen molar-refractivity contribution in [3.05, 3.63) is 29.8 Å². The van der Waals surface area contributed by atoms with Gasteiger partial charge in [0.2, 0.25) is 5.91 Å². The lowest BCUT2D eigenvalue weighted by Gasteiger charge is -2.23. The Labute approximate surface area is 124 Å². The number of para-hydroxylation sites is 1. The Morgan fingerprint density at radius 2 is 1.95 bits per heavy atom. The molecule has 2 aliphatic rings. The van der Waals surface area contributed by atoms with Crippen LogP contribution < -0.4 is 4.90 Å². The molecule has 1 fully saturated rings. The standard InChI is InChI=1S/C17H21NO3/c1-2-11-9-13(14(10-11)17(20)21)16(19)18-8-7-12-5-3-4-6-15(12)18/h3-6,11,13-14H,2,7-10H2,1H3,(H,20,21). The van der Waals surface area contributed by atoms with E-state index in [2.05, 4.69) is 6.92 Å². The molecule has 1 aromatic rings. The summed E-state index contributed by atoms with van der Waals surface area (Å²) in [6, 6.07) is 7.92. The molecule has 3 atom stereocenters. The molecule has 112 valence electrons. The minimum atomic E-state index is -0.822. The average Bonchev–Trinajstić information content (AvgIpc) is 3.10. The molecule has 0 spiro atoms. The number of fused-ring (bicyclic) bond motifs is 1. The highest BCUT2D eigenvalue weighted by atomic mass is 16.4. The predicted molar refractivity (Wildman–Crippen MR) is 80.1 cm³/mol. The van der Waals surface area contributed by atoms with Crippen molar-refractivity contribution in [2.75, 3.05) is 11.4 Å². The first-order valence-electron chi connectivity index (χ1n) is 7.74. The molecule has 0 radical (unpaired) electrons. The van der Waals surface area contributed by atoms with Crippen molar-refractivity contribution in [1.82, 2.24) is 0 Å². The number of carbonyl (C=O) groups excluding carboxylic acids is 1. The fourth-order valence-corrected chi connectivity index (χ4v) is 3.79. The van der Waals surface area contributed by atoms with E-state index in [1.807, 2.05) is 24.3 Å². The third-order valence-electron chi connectivity index (χ3n) is 5.03. The zero-order chi connectivity index (χ0) is 15.0. The van der Waals surface area contributed by atoms with E-state index in [9.17, 15) is 14.7 Å². The zero-order valence-electron chi connectivity index (χ0n) is 12.3. The van der Waals surface area contributed by atoms with Gasteiger partial charge in [-0.05, 0) is 36.8 Å². The van der Waals surface area contributed by atoms with Crippen LogP contribution in [-0.4, -0.2) is 23.5 Å². The van der Waals surface area contributed by atoms with E-state index in [0.717, 1.165) is 18.5 Å². The summed E-state index contributed by atoms with van der Waals surface area (Å²) in [4.78, 5) is 26.1. The molecule has 0 bridgehead atoms. The number of benzene rings is 1. The molecule has 1 aromatic carbocycles. The lowest BCUT2D eigenvalue weighted by atomic mass is 9.94. The number of carboxylic acid groups (broad SMARTS) is 1. The molecule has 1 aliphatic heterocycles. The van der Waals surface area contributed by atoms with E-state index < -0.39 is 11.9 Å². The van der Waals surface area contributed by atoms with Crippen molar-refractivity contribution in [2.45, 2.75) is 32.6 Å². The molecule has 3 unspecified atom stereocenters. The minimum Gasteiger partial charge on any atom is -0.481 e. The number of amides is 1. The molecule has 1 amide bonds. The average molecular weight is 287 g/mol. The van der Waals surface area contributed by atoms with E-state index in [1.165, 1.54) is 5.56 Å². The summed E-state index contributed by atoms with van der Waals surface area (Å²) < 4.78 is 0. The molecule has 3 rings (SSSR count). The van der Waals surface area contributed by atoms with Crippen molar-refractivity contribution in [2.24, 2.45) is 17.8 Å². The van der Waals surface area contributed by atoms with Gasteiger partial charge in [-0.15, -0.1) is 0 Å². The molecule has 0 saturated heterocycles. The summed E-state index contributed by atoms with van der Waals surface area (Å²) in [5, 5.41) is 9.41. The molecule has 21 heavy (non-hydrogen) atoms. The van der Waals surface area contributed by atoms with Gasteiger partial charge in [-0.1, -0.05) is 31.5 Å². The fourth-order valence-electron chi connectivity index (χ4n) is 3.79. The van der Waals surface area contributed by atoms with Crippen LogP contribution in [0.3, 0.4) is 0 Å². The highest BCUT2D eigenvalue weighted by molar-refractivity contribution is 5.99. The highest BCUT2D eigenvalue weighted by Crippen LogP contribution is 2.41. The second-order valence-electron chi connectivity index (χ2n) is 6.17. The van der Waals surface area contributed by atoms with Gasteiger partial charge in [0.25, 0.3) is 0 Å². The Balaban J connectivity index is 1.83. The summed E-state index contributed by atoms with van der Waals surface area (Å²) in [6.07, 6.45) is 3.16. The molecule has 1 aliphatic carbocycles. The van der Waals surface area contributed by atoms with E-state index >= 15 is 0 Å². The third kappa shape index (κ3) is 2.43. The monoisotopic (exact) mass is 287 g/mol. The van der Waals surface area contributed by atoms with Crippen molar-refractivity contribution >= 4 is 17.6 Å². The first kappa shape index (κ1) is 14.1. The summed E-state index contributed by atoms with van der Waals surface area (Å²) in [6.45, 7) is 2.75. The van der Waals surface area contributed by atoms with E-state index in [0.29, 0.717) is 25.3 Å². The van der Waals surface area contributed by atoms with Crippen LogP contribution in [0.2, 0.25) is 0 Å². The Kier molecular flexibility index (Phi) is 3.70. The quantitative estimate of drug-likeness (QED) is 0.930. The smallest absolute Gasteiger partial charge is 0.307 e. The zero-order valence-corrected chi connectivity index (χ0v) is 12.3. The third-order valence-corrected chi connectivity index (χ3v) is 5.03. The van der Waals surface area contributed by atoms with Crippen LogP contribution in [0.1, 0.15) is 31.7 Å². The number of rotatable bonds is 3. The highest BCUT2D eigenvalue weighted by Gasteiger charge is 2.44. The van der Waals surface area contributed by atoms with Crippen LogP contribution in [0, 0.1) is 17.8 Å². The maximum absolute atomic E-state index is 12.8. The molecule has 0 aromatic heterocycles. The predicted octanol–water partition coefficient (Wildman–Crippen LogP) is 2.71. The van der Waals surface area contributed by atoms with Gasteiger partial charge in [0.15, 0.2) is 0 Å². The lowest BCUT2D eigenvalue weighted by Crippen LogP contribution is -2.38. The summed E-state index contributed by atoms with van der Waals surface area (Å²) in [5.41, 5.74) is 2.15. The molecule has 1 saturated carbocycles. The number of hydrogen-bond donors (Lipinski definition) is 1. The summed E-state index contributed by atoms with van der Waals surface area (Å²) >= 11 is 0. The lowest BCUT2D eigenvalue weighted by molar-refractivity contribution is -0.145. The van der Waals surface area contributed by atoms with Gasteiger partial charge in [-0.3, -0.25) is 9.59 Å². The van der Waals surface area contributed by atoms with Crippen LogP contribution in [0.4, 0.5) is 5.69 Å². The van der Waals surface area contributed by atoms with Crippen LogP contribution in [0.15, 0.2) is 24.3 Å². The van der Waals surface area contributed by atoms with Crippen molar-refractivity contribution in [1.29, 1.82) is 0 Å². The first-order valence-corrected chi connectivity index (χ1v) is 7.74. The van der Waals surface area contributed by atoms with Gasteiger partial charge in [0.05, 0.1) is 11.8 Å². The van der Waals surface area contributed by atoms with Crippen molar-refractivity contribution in [3.8, 4) is 0 Å². The number of carboxylic acids is 1. The van der Waals surface area contributed by atoms with Gasteiger partial charge in [0, 0.05) is 12.2 Å². The number of aliphatic carboxylic acids is 1. The molecule has 4 heteroatoms. The molecular formula is C17H21NO3. The maximum atomic E-state index is 12.8. The second-order valence-corrected chi connectivity index (χ2v) is 6.17. The number of nitrogens with zero attached hydrogens (tertiary/aromatic N) is 1. The van der Waals surface area contributed by atoms with E-state index in [-0.39, 0.29) is 11.8 Å². The maximum Gasteiger partial charge on any atom is 0.307 e. The molecule has 1 heterocycles. The number of anilines is 1. The van der Waals surface area contributed by atoms with Crippen molar-refractivity contribution < 1.29 is 14.7 Å². The van der Waals surface area contributed by atoms with Crippen LogP contribution in [0.25, 0.3) is 0 Å². The fraction of sp³-hybridized carbons (Fsp3) is 0.529. The van der Waals surface area contributed by atoms with Crippen LogP contribution >= 0.6 is 0 Å². The van der Waals surface area contributed by atoms with E-state index in [4.69, 9.17) is 0 Å². The second kappa shape index (κ2) is 5.51. The summed E-state index contributed by atoms with van der Waals surface area (Å²) in [7, 11) is 0. The Hall–Kier alpha value is -1.84. The van der Waals surface area contributed by atoms with Gasteiger partial charge in [-0.25, -0.2) is 0 Å². The normalized spacial score (nSPS) is 27.7. The largest absolute Gasteiger partial charge is 0.481 e. The minimum absolute atomic E-state index is 0.00306. The first-order chi connectivity index (χ1) is 10.1. The van der Waals surface area contributed by atoms with Crippen molar-refractivity contribution in [3.63, 3.8) is 0 Å². The Morgan fingerprint density at radius 1 is 1.24 bits per heavy atom. The van der Waals surface area contributed by atoms with Gasteiger partial charge in [0.1, 0.15) is 0 Å². The SMILES string of the molecule is CCC1CC(C(=O)O)C(C(=O)N2CCc3ccccc32)C1. The Bertz CT molecular complexity index is 569. The Morgan fingerprint density at radius 3 is 2.67 bits per heavy atom. The number of hydrogen-bond acceptors (Lipinski definition) is 2.